The summed E-state index contributed by atoms with van der Waals surface area (Å²) in [4.78, 5) is 26.8. The summed E-state index contributed by atoms with van der Waals surface area (Å²) in [5.74, 6) is -0.830. The summed E-state index contributed by atoms with van der Waals surface area (Å²) in [5, 5.41) is 14.2. The van der Waals surface area contributed by atoms with Gasteiger partial charge in [-0.2, -0.15) is 0 Å². The number of hydrogen-bond donors (Lipinski definition) is 3. The Labute approximate surface area is 118 Å². The fourth-order valence-corrected chi connectivity index (χ4v) is 1.76. The molecule has 2 amide bonds. The topological polar surface area (TPSA) is 91.3 Å². The number of hydrogen-bond acceptors (Lipinski definition) is 3. The third kappa shape index (κ3) is 5.26. The van der Waals surface area contributed by atoms with Crippen molar-refractivity contribution in [3.63, 3.8) is 0 Å². The van der Waals surface area contributed by atoms with E-state index in [2.05, 4.69) is 15.6 Å². The zero-order valence-corrected chi connectivity index (χ0v) is 12.0. The van der Waals surface area contributed by atoms with Crippen LogP contribution >= 0.6 is 0 Å². The fraction of sp³-hybridized carbons (Fsp3) is 0.500. The molecule has 6 nitrogen and oxygen atoms in total. The number of nitrogens with zero attached hydrogens (tertiary/aromatic N) is 1. The number of urea groups is 1. The number of amides is 2. The molecule has 0 saturated heterocycles. The van der Waals surface area contributed by atoms with Gasteiger partial charge in [-0.05, 0) is 36.5 Å². The molecule has 6 heteroatoms. The number of aryl methyl sites for hydroxylation is 1. The number of rotatable bonds is 6. The molecule has 0 radical (unpaired) electrons. The highest BCUT2D eigenvalue weighted by molar-refractivity contribution is 5.82. The summed E-state index contributed by atoms with van der Waals surface area (Å²) in [6, 6.07) is 0.500. The molecule has 3 N–H and O–H groups in total. The lowest BCUT2D eigenvalue weighted by atomic mass is 10.0. The van der Waals surface area contributed by atoms with Crippen molar-refractivity contribution in [2.24, 2.45) is 5.92 Å². The molecule has 1 atom stereocenters. The van der Waals surface area contributed by atoms with Crippen LogP contribution in [-0.2, 0) is 11.3 Å². The molecule has 1 aromatic rings. The van der Waals surface area contributed by atoms with E-state index in [-0.39, 0.29) is 5.92 Å². The molecule has 0 aliphatic heterocycles. The van der Waals surface area contributed by atoms with Crippen LogP contribution in [0.25, 0.3) is 0 Å². The van der Waals surface area contributed by atoms with E-state index in [9.17, 15) is 9.59 Å². The van der Waals surface area contributed by atoms with Gasteiger partial charge in [0.25, 0.3) is 0 Å². The lowest BCUT2D eigenvalue weighted by Gasteiger charge is -2.17. The fourth-order valence-electron chi connectivity index (χ4n) is 1.76. The van der Waals surface area contributed by atoms with Gasteiger partial charge in [-0.3, -0.25) is 4.98 Å². The predicted octanol–water partition coefficient (Wildman–Crippen LogP) is 1.69. The number of carbonyl (C=O) groups is 2. The zero-order valence-electron chi connectivity index (χ0n) is 12.0. The van der Waals surface area contributed by atoms with Crippen molar-refractivity contribution in [3.05, 3.63) is 29.6 Å². The Balaban J connectivity index is 2.50. The number of aromatic nitrogens is 1. The van der Waals surface area contributed by atoms with Crippen LogP contribution in [0, 0.1) is 12.8 Å². The first-order valence-corrected chi connectivity index (χ1v) is 6.56. The van der Waals surface area contributed by atoms with Crippen molar-refractivity contribution in [1.29, 1.82) is 0 Å². The minimum absolute atomic E-state index is 0.192. The molecule has 0 spiro atoms. The first-order chi connectivity index (χ1) is 9.40. The number of pyridine rings is 1. The Bertz CT molecular complexity index is 474. The van der Waals surface area contributed by atoms with E-state index in [4.69, 9.17) is 5.11 Å². The summed E-state index contributed by atoms with van der Waals surface area (Å²) in [6.07, 6.45) is 3.76. The summed E-state index contributed by atoms with van der Waals surface area (Å²) in [6.45, 7) is 6.07. The van der Waals surface area contributed by atoms with E-state index < -0.39 is 18.0 Å². The van der Waals surface area contributed by atoms with E-state index >= 15 is 0 Å². The van der Waals surface area contributed by atoms with Gasteiger partial charge < -0.3 is 15.7 Å². The highest BCUT2D eigenvalue weighted by Crippen LogP contribution is 2.06. The van der Waals surface area contributed by atoms with Gasteiger partial charge in [0.15, 0.2) is 0 Å². The average molecular weight is 279 g/mol. The lowest BCUT2D eigenvalue weighted by molar-refractivity contribution is -0.139. The van der Waals surface area contributed by atoms with E-state index in [0.29, 0.717) is 13.0 Å². The molecule has 0 saturated carbocycles. The smallest absolute Gasteiger partial charge is 0.326 e. The predicted molar refractivity (Wildman–Crippen MR) is 75.2 cm³/mol. The highest BCUT2D eigenvalue weighted by Gasteiger charge is 2.20. The first-order valence-electron chi connectivity index (χ1n) is 6.56. The Hall–Kier alpha value is -2.11. The molecule has 0 aromatic carbocycles. The van der Waals surface area contributed by atoms with E-state index in [1.165, 1.54) is 0 Å². The van der Waals surface area contributed by atoms with Crippen LogP contribution in [-0.4, -0.2) is 28.1 Å². The maximum absolute atomic E-state index is 11.7. The van der Waals surface area contributed by atoms with Crippen LogP contribution in [0.15, 0.2) is 18.5 Å². The van der Waals surface area contributed by atoms with Gasteiger partial charge in [0.05, 0.1) is 0 Å². The van der Waals surface area contributed by atoms with Crippen molar-refractivity contribution in [1.82, 2.24) is 15.6 Å². The molecule has 1 heterocycles. The van der Waals surface area contributed by atoms with Crippen LogP contribution in [0.4, 0.5) is 4.79 Å². The monoisotopic (exact) mass is 279 g/mol. The molecule has 0 bridgehead atoms. The molecule has 1 rings (SSSR count). The Morgan fingerprint density at radius 1 is 1.40 bits per heavy atom. The molecule has 0 unspecified atom stereocenters. The standard InChI is InChI=1S/C14H21N3O3/c1-9(2)6-12(13(18)19)17-14(20)16-8-11-7-15-5-4-10(11)3/h4-5,7,9,12H,6,8H2,1-3H3,(H,18,19)(H2,16,17,20)/t12-/m0/s1. The third-order valence-corrected chi connectivity index (χ3v) is 2.90. The van der Waals surface area contributed by atoms with Crippen molar-refractivity contribution in [3.8, 4) is 0 Å². The molecular formula is C14H21N3O3. The summed E-state index contributed by atoms with van der Waals surface area (Å²) in [7, 11) is 0. The number of carboxylic acid groups (broad SMARTS) is 1. The largest absolute Gasteiger partial charge is 0.480 e. The average Bonchev–Trinajstić information content (AvgIpc) is 2.36. The Morgan fingerprint density at radius 2 is 2.10 bits per heavy atom. The number of carboxylic acids is 1. The van der Waals surface area contributed by atoms with Crippen molar-refractivity contribution in [2.45, 2.75) is 39.8 Å². The summed E-state index contributed by atoms with van der Waals surface area (Å²) in [5.41, 5.74) is 1.93. The van der Waals surface area contributed by atoms with Crippen molar-refractivity contribution in [2.75, 3.05) is 0 Å². The minimum atomic E-state index is -1.02. The van der Waals surface area contributed by atoms with Gasteiger partial charge in [0.1, 0.15) is 6.04 Å². The molecule has 0 fully saturated rings. The SMILES string of the molecule is Cc1ccncc1CNC(=O)N[C@@H](CC(C)C)C(=O)O. The molecule has 110 valence electrons. The molecule has 20 heavy (non-hydrogen) atoms. The van der Waals surface area contributed by atoms with E-state index in [1.54, 1.807) is 12.4 Å². The van der Waals surface area contributed by atoms with E-state index in [0.717, 1.165) is 11.1 Å². The molecule has 0 aliphatic carbocycles. The highest BCUT2D eigenvalue weighted by atomic mass is 16.4. The normalized spacial score (nSPS) is 12.0. The minimum Gasteiger partial charge on any atom is -0.480 e. The molecular weight excluding hydrogens is 258 g/mol. The van der Waals surface area contributed by atoms with Gasteiger partial charge in [0.2, 0.25) is 0 Å². The van der Waals surface area contributed by atoms with Crippen LogP contribution in [0.1, 0.15) is 31.4 Å². The van der Waals surface area contributed by atoms with Gasteiger partial charge >= 0.3 is 12.0 Å². The van der Waals surface area contributed by atoms with Crippen LogP contribution < -0.4 is 10.6 Å². The second kappa shape index (κ2) is 7.47. The van der Waals surface area contributed by atoms with Gasteiger partial charge in [-0.25, -0.2) is 9.59 Å². The lowest BCUT2D eigenvalue weighted by Crippen LogP contribution is -2.46. The second-order valence-corrected chi connectivity index (χ2v) is 5.15. The maximum Gasteiger partial charge on any atom is 0.326 e. The molecule has 1 aromatic heterocycles. The van der Waals surface area contributed by atoms with Gasteiger partial charge in [-0.1, -0.05) is 13.8 Å². The molecule has 0 aliphatic rings. The third-order valence-electron chi connectivity index (χ3n) is 2.90. The van der Waals surface area contributed by atoms with Gasteiger partial charge in [-0.15, -0.1) is 0 Å². The van der Waals surface area contributed by atoms with E-state index in [1.807, 2.05) is 26.8 Å². The summed E-state index contributed by atoms with van der Waals surface area (Å²) >= 11 is 0. The maximum atomic E-state index is 11.7. The first kappa shape index (κ1) is 15.9. The summed E-state index contributed by atoms with van der Waals surface area (Å²) < 4.78 is 0. The second-order valence-electron chi connectivity index (χ2n) is 5.15. The van der Waals surface area contributed by atoms with Crippen molar-refractivity contribution >= 4 is 12.0 Å². The Kier molecular flexibility index (Phi) is 5.96. The van der Waals surface area contributed by atoms with Crippen molar-refractivity contribution < 1.29 is 14.7 Å². The zero-order chi connectivity index (χ0) is 15.1. The number of nitrogens with one attached hydrogen (secondary N) is 2. The number of carbonyl (C=O) groups excluding carboxylic acids is 1. The van der Waals surface area contributed by atoms with Crippen LogP contribution in [0.2, 0.25) is 0 Å². The van der Waals surface area contributed by atoms with Crippen LogP contribution in [0.5, 0.6) is 0 Å². The number of aliphatic carboxylic acids is 1. The van der Waals surface area contributed by atoms with Gasteiger partial charge in [0, 0.05) is 18.9 Å². The Morgan fingerprint density at radius 3 is 2.65 bits per heavy atom. The van der Waals surface area contributed by atoms with Crippen LogP contribution in [0.3, 0.4) is 0 Å². The quantitative estimate of drug-likeness (QED) is 0.739.